The molecule has 2 rings (SSSR count). The number of rotatable bonds is 3. The SMILES string of the molecule is CC1CCN(c2ccc(S(N)(=O)=O)cn2)C1CN. The lowest BCUT2D eigenvalue weighted by atomic mass is 10.0. The highest BCUT2D eigenvalue weighted by Crippen LogP contribution is 2.27. The molecule has 0 bridgehead atoms. The molecule has 2 atom stereocenters. The van der Waals surface area contributed by atoms with Crippen molar-refractivity contribution in [2.75, 3.05) is 18.0 Å². The molecule has 4 N–H and O–H groups in total. The number of anilines is 1. The van der Waals surface area contributed by atoms with Crippen LogP contribution in [0, 0.1) is 5.92 Å². The molecule has 100 valence electrons. The second-order valence-corrected chi connectivity index (χ2v) is 6.22. The molecule has 6 nitrogen and oxygen atoms in total. The van der Waals surface area contributed by atoms with Crippen LogP contribution in [0.4, 0.5) is 5.82 Å². The van der Waals surface area contributed by atoms with Gasteiger partial charge in [-0.2, -0.15) is 0 Å². The van der Waals surface area contributed by atoms with Crippen LogP contribution < -0.4 is 15.8 Å². The molecule has 0 radical (unpaired) electrons. The van der Waals surface area contributed by atoms with Crippen LogP contribution in [0.2, 0.25) is 0 Å². The van der Waals surface area contributed by atoms with Crippen LogP contribution in [-0.4, -0.2) is 32.5 Å². The number of sulfonamides is 1. The van der Waals surface area contributed by atoms with Crippen LogP contribution in [0.1, 0.15) is 13.3 Å². The van der Waals surface area contributed by atoms with E-state index < -0.39 is 10.0 Å². The molecule has 2 unspecified atom stereocenters. The molecule has 0 aromatic carbocycles. The van der Waals surface area contributed by atoms with Gasteiger partial charge in [0.2, 0.25) is 10.0 Å². The van der Waals surface area contributed by atoms with E-state index >= 15 is 0 Å². The number of aromatic nitrogens is 1. The summed E-state index contributed by atoms with van der Waals surface area (Å²) >= 11 is 0. The first-order valence-electron chi connectivity index (χ1n) is 5.89. The molecule has 7 heteroatoms. The molecule has 0 saturated carbocycles. The lowest BCUT2D eigenvalue weighted by Gasteiger charge is -2.26. The van der Waals surface area contributed by atoms with Crippen molar-refractivity contribution in [3.8, 4) is 0 Å². The minimum Gasteiger partial charge on any atom is -0.352 e. The van der Waals surface area contributed by atoms with Crippen molar-refractivity contribution >= 4 is 15.8 Å². The number of hydrogen-bond donors (Lipinski definition) is 2. The second-order valence-electron chi connectivity index (χ2n) is 4.66. The summed E-state index contributed by atoms with van der Waals surface area (Å²) in [4.78, 5) is 6.32. The van der Waals surface area contributed by atoms with Gasteiger partial charge in [0.05, 0.1) is 0 Å². The monoisotopic (exact) mass is 270 g/mol. The third-order valence-corrected chi connectivity index (χ3v) is 4.37. The van der Waals surface area contributed by atoms with Crippen molar-refractivity contribution in [3.63, 3.8) is 0 Å². The molecule has 1 fully saturated rings. The van der Waals surface area contributed by atoms with Crippen molar-refractivity contribution < 1.29 is 8.42 Å². The molecule has 1 aliphatic heterocycles. The lowest BCUT2D eigenvalue weighted by molar-refractivity contribution is 0.517. The zero-order valence-corrected chi connectivity index (χ0v) is 11.1. The molecular formula is C11H18N4O2S. The Morgan fingerprint density at radius 3 is 2.72 bits per heavy atom. The Bertz CT molecular complexity index is 514. The Morgan fingerprint density at radius 2 is 2.22 bits per heavy atom. The van der Waals surface area contributed by atoms with Crippen molar-refractivity contribution in [1.29, 1.82) is 0 Å². The molecule has 18 heavy (non-hydrogen) atoms. The molecule has 2 heterocycles. The van der Waals surface area contributed by atoms with Crippen molar-refractivity contribution in [2.24, 2.45) is 16.8 Å². The zero-order chi connectivity index (χ0) is 13.3. The van der Waals surface area contributed by atoms with Crippen LogP contribution in [0.3, 0.4) is 0 Å². The molecule has 1 aromatic heterocycles. The van der Waals surface area contributed by atoms with Gasteiger partial charge in [-0.05, 0) is 24.5 Å². The van der Waals surface area contributed by atoms with E-state index in [0.717, 1.165) is 18.8 Å². The normalized spacial score (nSPS) is 24.5. The maximum atomic E-state index is 11.1. The van der Waals surface area contributed by atoms with E-state index in [4.69, 9.17) is 10.9 Å². The number of hydrogen-bond acceptors (Lipinski definition) is 5. The summed E-state index contributed by atoms with van der Waals surface area (Å²) in [5.74, 6) is 1.27. The van der Waals surface area contributed by atoms with Crippen molar-refractivity contribution in [2.45, 2.75) is 24.3 Å². The number of pyridine rings is 1. The van der Waals surface area contributed by atoms with Gasteiger partial charge >= 0.3 is 0 Å². The summed E-state index contributed by atoms with van der Waals surface area (Å²) in [6.07, 6.45) is 2.36. The predicted octanol–water partition coefficient (Wildman–Crippen LogP) is -0.0975. The largest absolute Gasteiger partial charge is 0.352 e. The maximum Gasteiger partial charge on any atom is 0.239 e. The number of nitrogens with two attached hydrogens (primary N) is 2. The summed E-state index contributed by atoms with van der Waals surface area (Å²) in [5, 5.41) is 5.03. The molecule has 1 aromatic rings. The van der Waals surface area contributed by atoms with E-state index in [1.54, 1.807) is 6.07 Å². The van der Waals surface area contributed by atoms with E-state index in [2.05, 4.69) is 16.8 Å². The standard InChI is InChI=1S/C11H18N4O2S/c1-8-4-5-15(10(8)6-12)11-3-2-9(7-14-11)18(13,16)17/h2-3,7-8,10H,4-6,12H2,1H3,(H2,13,16,17). The Morgan fingerprint density at radius 1 is 1.50 bits per heavy atom. The van der Waals surface area contributed by atoms with E-state index in [1.165, 1.54) is 12.3 Å². The Labute approximate surface area is 107 Å². The van der Waals surface area contributed by atoms with Gasteiger partial charge in [-0.15, -0.1) is 0 Å². The minimum absolute atomic E-state index is 0.0304. The van der Waals surface area contributed by atoms with Gasteiger partial charge in [0.1, 0.15) is 10.7 Å². The third-order valence-electron chi connectivity index (χ3n) is 3.47. The van der Waals surface area contributed by atoms with E-state index in [9.17, 15) is 8.42 Å². The summed E-state index contributed by atoms with van der Waals surface area (Å²) in [5.41, 5.74) is 5.77. The van der Waals surface area contributed by atoms with Crippen LogP contribution in [0.25, 0.3) is 0 Å². The van der Waals surface area contributed by atoms with Gasteiger partial charge in [0.15, 0.2) is 0 Å². The Hall–Kier alpha value is -1.18. The van der Waals surface area contributed by atoms with E-state index in [-0.39, 0.29) is 10.9 Å². The highest BCUT2D eigenvalue weighted by Gasteiger charge is 2.30. The first-order chi connectivity index (χ1) is 8.43. The lowest BCUT2D eigenvalue weighted by Crippen LogP contribution is -2.38. The first-order valence-corrected chi connectivity index (χ1v) is 7.43. The van der Waals surface area contributed by atoms with Gasteiger partial charge in [-0.1, -0.05) is 6.92 Å². The quantitative estimate of drug-likeness (QED) is 0.798. The summed E-state index contributed by atoms with van der Waals surface area (Å²) in [6.45, 7) is 3.63. The smallest absolute Gasteiger partial charge is 0.239 e. The molecule has 0 amide bonds. The predicted molar refractivity (Wildman–Crippen MR) is 69.6 cm³/mol. The van der Waals surface area contributed by atoms with Crippen molar-refractivity contribution in [1.82, 2.24) is 4.98 Å². The summed E-state index contributed by atoms with van der Waals surface area (Å²) in [6, 6.07) is 3.42. The van der Waals surface area contributed by atoms with Gasteiger partial charge in [0.25, 0.3) is 0 Å². The fourth-order valence-corrected chi connectivity index (χ4v) is 2.82. The summed E-state index contributed by atoms with van der Waals surface area (Å²) in [7, 11) is -3.68. The van der Waals surface area contributed by atoms with Gasteiger partial charge in [0, 0.05) is 25.3 Å². The molecule has 0 aliphatic carbocycles. The fraction of sp³-hybridized carbons (Fsp3) is 0.545. The molecule has 0 spiro atoms. The third kappa shape index (κ3) is 2.47. The highest BCUT2D eigenvalue weighted by molar-refractivity contribution is 7.89. The Balaban J connectivity index is 2.25. The molecular weight excluding hydrogens is 252 g/mol. The molecule has 1 saturated heterocycles. The maximum absolute atomic E-state index is 11.1. The topological polar surface area (TPSA) is 102 Å². The highest BCUT2D eigenvalue weighted by atomic mass is 32.2. The van der Waals surface area contributed by atoms with Crippen LogP contribution >= 0.6 is 0 Å². The fourth-order valence-electron chi connectivity index (χ4n) is 2.36. The van der Waals surface area contributed by atoms with Crippen LogP contribution in [0.5, 0.6) is 0 Å². The van der Waals surface area contributed by atoms with Gasteiger partial charge in [-0.25, -0.2) is 18.5 Å². The molecule has 1 aliphatic rings. The van der Waals surface area contributed by atoms with Crippen molar-refractivity contribution in [3.05, 3.63) is 18.3 Å². The van der Waals surface area contributed by atoms with Gasteiger partial charge in [-0.3, -0.25) is 0 Å². The minimum atomic E-state index is -3.68. The van der Waals surface area contributed by atoms with Crippen LogP contribution in [0.15, 0.2) is 23.2 Å². The van der Waals surface area contributed by atoms with E-state index in [1.807, 2.05) is 0 Å². The number of primary sulfonamides is 1. The van der Waals surface area contributed by atoms with E-state index in [0.29, 0.717) is 12.5 Å². The average molecular weight is 270 g/mol. The van der Waals surface area contributed by atoms with Gasteiger partial charge < -0.3 is 10.6 Å². The number of nitrogens with zero attached hydrogens (tertiary/aromatic N) is 2. The Kier molecular flexibility index (Phi) is 3.56. The average Bonchev–Trinajstić information content (AvgIpc) is 2.69. The zero-order valence-electron chi connectivity index (χ0n) is 10.3. The second kappa shape index (κ2) is 4.83. The summed E-state index contributed by atoms with van der Waals surface area (Å²) < 4.78 is 22.3. The first kappa shape index (κ1) is 13.3. The van der Waals surface area contributed by atoms with Crippen LogP contribution in [-0.2, 0) is 10.0 Å².